The van der Waals surface area contributed by atoms with Gasteiger partial charge in [-0.3, -0.25) is 9.59 Å². The zero-order valence-electron chi connectivity index (χ0n) is 10.4. The highest BCUT2D eigenvalue weighted by Crippen LogP contribution is 1.96. The van der Waals surface area contributed by atoms with Crippen LogP contribution in [0, 0.1) is 0 Å². The second kappa shape index (κ2) is 7.48. The minimum absolute atomic E-state index is 0.131. The number of rotatable bonds is 6. The summed E-state index contributed by atoms with van der Waals surface area (Å²) >= 11 is 0. The van der Waals surface area contributed by atoms with Crippen LogP contribution in [0.4, 0.5) is 4.79 Å². The van der Waals surface area contributed by atoms with Crippen LogP contribution in [0.1, 0.15) is 20.8 Å². The van der Waals surface area contributed by atoms with Crippen LogP contribution >= 0.6 is 0 Å². The van der Waals surface area contributed by atoms with Crippen LogP contribution < -0.4 is 11.1 Å². The van der Waals surface area contributed by atoms with Crippen molar-refractivity contribution in [2.24, 2.45) is 5.73 Å². The largest absolute Gasteiger partial charge is 0.465 e. The standard InChI is InChI=1S/C10H19N3O4/c1-4-13(6-8(14)17-5-2)9(15)7(3)12-10(11)16/h7H,4-6H2,1-3H3,(H3,11,12,16). The number of nitrogens with zero attached hydrogens (tertiary/aromatic N) is 1. The van der Waals surface area contributed by atoms with Gasteiger partial charge in [-0.2, -0.15) is 0 Å². The fourth-order valence-corrected chi connectivity index (χ4v) is 1.26. The molecule has 0 aliphatic heterocycles. The van der Waals surface area contributed by atoms with Crippen molar-refractivity contribution >= 4 is 17.9 Å². The monoisotopic (exact) mass is 245 g/mol. The summed E-state index contributed by atoms with van der Waals surface area (Å²) in [6.45, 7) is 5.40. The van der Waals surface area contributed by atoms with E-state index in [4.69, 9.17) is 10.5 Å². The molecule has 7 nitrogen and oxygen atoms in total. The third-order valence-electron chi connectivity index (χ3n) is 2.05. The maximum Gasteiger partial charge on any atom is 0.325 e. The van der Waals surface area contributed by atoms with Crippen molar-refractivity contribution in [1.29, 1.82) is 0 Å². The molecule has 17 heavy (non-hydrogen) atoms. The zero-order chi connectivity index (χ0) is 13.4. The number of hydrogen-bond donors (Lipinski definition) is 2. The Kier molecular flexibility index (Phi) is 6.69. The molecule has 0 fully saturated rings. The molecule has 0 radical (unpaired) electrons. The molecular weight excluding hydrogens is 226 g/mol. The van der Waals surface area contributed by atoms with Gasteiger partial charge in [-0.25, -0.2) is 4.79 Å². The Labute approximate surface area is 100 Å². The number of likely N-dealkylation sites (N-methyl/N-ethyl adjacent to an activating group) is 1. The molecule has 7 heteroatoms. The predicted molar refractivity (Wildman–Crippen MR) is 61.1 cm³/mol. The lowest BCUT2D eigenvalue weighted by Gasteiger charge is -2.23. The van der Waals surface area contributed by atoms with Crippen molar-refractivity contribution < 1.29 is 19.1 Å². The van der Waals surface area contributed by atoms with E-state index in [1.807, 2.05) is 0 Å². The molecule has 0 aromatic heterocycles. The van der Waals surface area contributed by atoms with E-state index >= 15 is 0 Å². The van der Waals surface area contributed by atoms with Crippen molar-refractivity contribution in [2.45, 2.75) is 26.8 Å². The van der Waals surface area contributed by atoms with E-state index in [0.717, 1.165) is 0 Å². The Morgan fingerprint density at radius 3 is 2.35 bits per heavy atom. The molecule has 3 amide bonds. The van der Waals surface area contributed by atoms with Crippen molar-refractivity contribution in [3.63, 3.8) is 0 Å². The van der Waals surface area contributed by atoms with Crippen LogP contribution in [0.3, 0.4) is 0 Å². The minimum atomic E-state index is -0.780. The third kappa shape index (κ3) is 5.74. The third-order valence-corrected chi connectivity index (χ3v) is 2.05. The first-order valence-electron chi connectivity index (χ1n) is 5.42. The van der Waals surface area contributed by atoms with Crippen molar-refractivity contribution in [2.75, 3.05) is 19.7 Å². The summed E-state index contributed by atoms with van der Waals surface area (Å²) in [6.07, 6.45) is 0. The summed E-state index contributed by atoms with van der Waals surface area (Å²) in [7, 11) is 0. The number of carbonyl (C=O) groups excluding carboxylic acids is 3. The second-order valence-corrected chi connectivity index (χ2v) is 3.39. The number of hydrogen-bond acceptors (Lipinski definition) is 4. The smallest absolute Gasteiger partial charge is 0.325 e. The van der Waals surface area contributed by atoms with Crippen molar-refractivity contribution in [1.82, 2.24) is 10.2 Å². The molecule has 0 rings (SSSR count). The lowest BCUT2D eigenvalue weighted by atomic mass is 10.3. The van der Waals surface area contributed by atoms with Crippen molar-refractivity contribution in [3.8, 4) is 0 Å². The van der Waals surface area contributed by atoms with Gasteiger partial charge in [-0.1, -0.05) is 0 Å². The normalized spacial score (nSPS) is 11.5. The summed E-state index contributed by atoms with van der Waals surface area (Å²) in [5.74, 6) is -0.853. The van der Waals surface area contributed by atoms with Crippen LogP contribution in [0.25, 0.3) is 0 Å². The Balaban J connectivity index is 4.39. The van der Waals surface area contributed by atoms with Gasteiger partial charge in [0.25, 0.3) is 0 Å². The van der Waals surface area contributed by atoms with Gasteiger partial charge in [0, 0.05) is 6.54 Å². The Morgan fingerprint density at radius 1 is 1.35 bits per heavy atom. The highest BCUT2D eigenvalue weighted by atomic mass is 16.5. The summed E-state index contributed by atoms with van der Waals surface area (Å²) in [5, 5.41) is 2.26. The molecule has 0 aromatic rings. The number of urea groups is 1. The van der Waals surface area contributed by atoms with E-state index in [9.17, 15) is 14.4 Å². The topological polar surface area (TPSA) is 102 Å². The highest BCUT2D eigenvalue weighted by Gasteiger charge is 2.22. The van der Waals surface area contributed by atoms with Gasteiger partial charge < -0.3 is 20.7 Å². The first-order valence-corrected chi connectivity index (χ1v) is 5.42. The molecule has 0 aliphatic carbocycles. The highest BCUT2D eigenvalue weighted by molar-refractivity contribution is 5.88. The van der Waals surface area contributed by atoms with Crippen LogP contribution in [0.5, 0.6) is 0 Å². The lowest BCUT2D eigenvalue weighted by molar-refractivity contribution is -0.149. The summed E-state index contributed by atoms with van der Waals surface area (Å²) < 4.78 is 4.74. The maximum absolute atomic E-state index is 11.8. The Morgan fingerprint density at radius 2 is 1.94 bits per heavy atom. The zero-order valence-corrected chi connectivity index (χ0v) is 10.4. The average Bonchev–Trinajstić information content (AvgIpc) is 2.24. The van der Waals surface area contributed by atoms with E-state index in [1.165, 1.54) is 11.8 Å². The van der Waals surface area contributed by atoms with Crippen LogP contribution in [-0.2, 0) is 14.3 Å². The number of carbonyl (C=O) groups is 3. The van der Waals surface area contributed by atoms with E-state index in [0.29, 0.717) is 6.54 Å². The molecule has 0 saturated heterocycles. The SMILES string of the molecule is CCOC(=O)CN(CC)C(=O)C(C)NC(N)=O. The van der Waals surface area contributed by atoms with Gasteiger partial charge in [-0.05, 0) is 20.8 Å². The van der Waals surface area contributed by atoms with E-state index < -0.39 is 18.0 Å². The maximum atomic E-state index is 11.8. The molecule has 0 bridgehead atoms. The molecule has 98 valence electrons. The molecule has 3 N–H and O–H groups in total. The Bertz CT molecular complexity index is 293. The van der Waals surface area contributed by atoms with Gasteiger partial charge in [-0.15, -0.1) is 0 Å². The first-order chi connectivity index (χ1) is 7.92. The van der Waals surface area contributed by atoms with E-state index in [-0.39, 0.29) is 19.1 Å². The number of ether oxygens (including phenoxy) is 1. The Hall–Kier alpha value is -1.79. The lowest BCUT2D eigenvalue weighted by Crippen LogP contribution is -2.49. The molecule has 0 aliphatic rings. The number of amides is 3. The summed E-state index contributed by atoms with van der Waals surface area (Å²) in [4.78, 5) is 34.9. The number of esters is 1. The van der Waals surface area contributed by atoms with Gasteiger partial charge in [0.2, 0.25) is 5.91 Å². The summed E-state index contributed by atoms with van der Waals surface area (Å²) in [5.41, 5.74) is 4.91. The number of nitrogens with one attached hydrogen (secondary N) is 1. The quantitative estimate of drug-likeness (QED) is 0.613. The summed E-state index contributed by atoms with van der Waals surface area (Å²) in [6, 6.07) is -1.54. The molecular formula is C10H19N3O4. The van der Waals surface area contributed by atoms with Crippen molar-refractivity contribution in [3.05, 3.63) is 0 Å². The van der Waals surface area contributed by atoms with E-state index in [2.05, 4.69) is 5.32 Å². The molecule has 0 spiro atoms. The predicted octanol–water partition coefficient (Wildman–Crippen LogP) is -0.545. The van der Waals surface area contributed by atoms with Gasteiger partial charge in [0.1, 0.15) is 12.6 Å². The van der Waals surface area contributed by atoms with Gasteiger partial charge in [0.15, 0.2) is 0 Å². The average molecular weight is 245 g/mol. The molecule has 1 unspecified atom stereocenters. The second-order valence-electron chi connectivity index (χ2n) is 3.39. The van der Waals surface area contributed by atoms with Gasteiger partial charge >= 0.3 is 12.0 Å². The van der Waals surface area contributed by atoms with Gasteiger partial charge in [0.05, 0.1) is 6.61 Å². The fraction of sp³-hybridized carbons (Fsp3) is 0.700. The number of nitrogens with two attached hydrogens (primary N) is 1. The number of primary amides is 1. The first kappa shape index (κ1) is 15.2. The van der Waals surface area contributed by atoms with Crippen LogP contribution in [0.15, 0.2) is 0 Å². The van der Waals surface area contributed by atoms with Crippen LogP contribution in [-0.4, -0.2) is 48.5 Å². The fourth-order valence-electron chi connectivity index (χ4n) is 1.26. The molecule has 0 saturated carbocycles. The van der Waals surface area contributed by atoms with E-state index in [1.54, 1.807) is 13.8 Å². The molecule has 1 atom stereocenters. The minimum Gasteiger partial charge on any atom is -0.465 e. The molecule has 0 aromatic carbocycles. The molecule has 0 heterocycles. The van der Waals surface area contributed by atoms with Crippen LogP contribution in [0.2, 0.25) is 0 Å².